The number of imidazole rings is 1. The monoisotopic (exact) mass is 467 g/mol. The summed E-state index contributed by atoms with van der Waals surface area (Å²) in [5, 5.41) is 13.0. The van der Waals surface area contributed by atoms with Crippen molar-refractivity contribution in [2.75, 3.05) is 12.4 Å². The number of hydrogen-bond donors (Lipinski definition) is 2. The van der Waals surface area contributed by atoms with E-state index in [0.717, 1.165) is 17.1 Å². The van der Waals surface area contributed by atoms with E-state index >= 15 is 0 Å². The van der Waals surface area contributed by atoms with Gasteiger partial charge in [-0.25, -0.2) is 19.3 Å². The number of aliphatic hydroxyl groups excluding tert-OH is 1. The summed E-state index contributed by atoms with van der Waals surface area (Å²) in [4.78, 5) is 25.7. The maximum Gasteiger partial charge on any atom is 0.308 e. The van der Waals surface area contributed by atoms with Crippen molar-refractivity contribution < 1.29 is 19.0 Å². The first kappa shape index (κ1) is 23.8. The molecule has 1 aliphatic rings. The Morgan fingerprint density at radius 2 is 1.94 bits per heavy atom. The van der Waals surface area contributed by atoms with Gasteiger partial charge < -0.3 is 19.7 Å². The van der Waals surface area contributed by atoms with Gasteiger partial charge in [-0.1, -0.05) is 20.8 Å². The molecule has 3 aromatic rings. The van der Waals surface area contributed by atoms with Crippen LogP contribution in [0.2, 0.25) is 0 Å². The molecule has 0 aliphatic carbocycles. The number of ether oxygens (including phenoxy) is 1. The Labute approximate surface area is 198 Å². The summed E-state index contributed by atoms with van der Waals surface area (Å²) in [5.74, 6) is 0.590. The van der Waals surface area contributed by atoms with Crippen LogP contribution in [0.25, 0.3) is 22.6 Å². The van der Waals surface area contributed by atoms with Crippen LogP contribution in [0.15, 0.2) is 36.5 Å². The quantitative estimate of drug-likeness (QED) is 0.530. The highest BCUT2D eigenvalue weighted by molar-refractivity contribution is 5.78. The summed E-state index contributed by atoms with van der Waals surface area (Å²) in [5.41, 5.74) is 2.59. The number of cyclic esters (lactones) is 1. The Hall–Kier alpha value is -3.33. The fourth-order valence-corrected chi connectivity index (χ4v) is 4.24. The number of carbonyl (C=O) groups excluding carboxylic acids is 1. The molecular weight excluding hydrogens is 437 g/mol. The van der Waals surface area contributed by atoms with Crippen molar-refractivity contribution in [1.29, 1.82) is 0 Å². The van der Waals surface area contributed by atoms with Gasteiger partial charge in [-0.15, -0.1) is 0 Å². The number of aromatic nitrogens is 4. The van der Waals surface area contributed by atoms with Crippen LogP contribution in [0, 0.1) is 5.82 Å². The molecule has 1 saturated heterocycles. The fourth-order valence-electron chi connectivity index (χ4n) is 4.24. The van der Waals surface area contributed by atoms with Gasteiger partial charge in [0.15, 0.2) is 0 Å². The number of carbonyl (C=O) groups is 1. The molecule has 4 rings (SSSR count). The second kappa shape index (κ2) is 9.50. The van der Waals surface area contributed by atoms with Crippen molar-refractivity contribution >= 4 is 11.9 Å². The van der Waals surface area contributed by atoms with Gasteiger partial charge >= 0.3 is 5.97 Å². The van der Waals surface area contributed by atoms with E-state index in [0.29, 0.717) is 36.7 Å². The van der Waals surface area contributed by atoms with Gasteiger partial charge in [0.25, 0.3) is 0 Å². The zero-order valence-electron chi connectivity index (χ0n) is 19.9. The van der Waals surface area contributed by atoms with Crippen molar-refractivity contribution in [3.8, 4) is 22.6 Å². The maximum absolute atomic E-state index is 13.8. The number of rotatable bonds is 6. The van der Waals surface area contributed by atoms with Crippen LogP contribution in [0.3, 0.4) is 0 Å². The molecule has 0 unspecified atom stereocenters. The van der Waals surface area contributed by atoms with Gasteiger partial charge in [-0.3, -0.25) is 4.79 Å². The third kappa shape index (κ3) is 5.09. The summed E-state index contributed by atoms with van der Waals surface area (Å²) in [7, 11) is 1.75. The molecule has 9 heteroatoms. The Morgan fingerprint density at radius 1 is 1.21 bits per heavy atom. The summed E-state index contributed by atoms with van der Waals surface area (Å²) < 4.78 is 21.3. The van der Waals surface area contributed by atoms with E-state index in [4.69, 9.17) is 9.72 Å². The Kier molecular flexibility index (Phi) is 6.65. The minimum Gasteiger partial charge on any atom is -0.462 e. The zero-order chi connectivity index (χ0) is 24.5. The number of anilines is 1. The highest BCUT2D eigenvalue weighted by atomic mass is 19.1. The largest absolute Gasteiger partial charge is 0.462 e. The molecule has 0 saturated carbocycles. The molecule has 34 heavy (non-hydrogen) atoms. The van der Waals surface area contributed by atoms with Crippen molar-refractivity contribution in [1.82, 2.24) is 19.5 Å². The fraction of sp³-hybridized carbons (Fsp3) is 0.440. The molecule has 180 valence electrons. The van der Waals surface area contributed by atoms with Crippen molar-refractivity contribution in [3.05, 3.63) is 48.2 Å². The van der Waals surface area contributed by atoms with E-state index in [1.165, 1.54) is 12.1 Å². The minimum atomic E-state index is -0.691. The Balaban J connectivity index is 1.84. The van der Waals surface area contributed by atoms with E-state index in [1.807, 2.05) is 0 Å². The van der Waals surface area contributed by atoms with Crippen LogP contribution < -0.4 is 5.32 Å². The average Bonchev–Trinajstić information content (AvgIpc) is 3.18. The Bertz CT molecular complexity index is 1170. The highest BCUT2D eigenvalue weighted by Crippen LogP contribution is 2.37. The van der Waals surface area contributed by atoms with E-state index < -0.39 is 6.10 Å². The average molecular weight is 468 g/mol. The van der Waals surface area contributed by atoms with Gasteiger partial charge in [-0.2, -0.15) is 0 Å². The molecule has 2 aromatic heterocycles. The number of aliphatic hydroxyl groups is 1. The third-order valence-electron chi connectivity index (χ3n) is 5.79. The standard InChI is InChI=1S/C25H30FN5O3/c1-25(2,3)23-30-21(19-9-11-28-24(27-4)29-19)22(15-5-7-16(26)8-6-15)31(23)12-10-18-13-17(32)14-20(33)34-18/h5-9,11,17-18,32H,10,12-14H2,1-4H3,(H,27,28,29)/t17-,18+/m1/s1. The predicted octanol–water partition coefficient (Wildman–Crippen LogP) is 3.94. The first-order valence-corrected chi connectivity index (χ1v) is 11.4. The van der Waals surface area contributed by atoms with Gasteiger partial charge in [0.2, 0.25) is 5.95 Å². The zero-order valence-corrected chi connectivity index (χ0v) is 19.9. The van der Waals surface area contributed by atoms with Crippen LogP contribution in [0.1, 0.15) is 45.9 Å². The molecule has 2 atom stereocenters. The summed E-state index contributed by atoms with van der Waals surface area (Å²) in [6.45, 7) is 6.73. The molecule has 0 radical (unpaired) electrons. The lowest BCUT2D eigenvalue weighted by Crippen LogP contribution is -2.33. The molecule has 1 fully saturated rings. The van der Waals surface area contributed by atoms with Crippen molar-refractivity contribution in [2.45, 2.75) is 64.2 Å². The lowest BCUT2D eigenvalue weighted by Gasteiger charge is -2.27. The van der Waals surface area contributed by atoms with E-state index in [9.17, 15) is 14.3 Å². The van der Waals surface area contributed by atoms with Gasteiger partial charge in [0.05, 0.1) is 23.9 Å². The topological polar surface area (TPSA) is 102 Å². The molecule has 2 N–H and O–H groups in total. The van der Waals surface area contributed by atoms with Gasteiger partial charge in [0.1, 0.15) is 23.4 Å². The van der Waals surface area contributed by atoms with E-state index in [-0.39, 0.29) is 29.7 Å². The van der Waals surface area contributed by atoms with Crippen molar-refractivity contribution in [3.63, 3.8) is 0 Å². The van der Waals surface area contributed by atoms with E-state index in [2.05, 4.69) is 40.6 Å². The SMILES string of the molecule is CNc1nccc(-c2nc(C(C)(C)C)n(CC[C@H]3C[C@@H](O)CC(=O)O3)c2-c2ccc(F)cc2)n1. The number of nitrogens with one attached hydrogen (secondary N) is 1. The number of hydrogen-bond acceptors (Lipinski definition) is 7. The molecule has 8 nitrogen and oxygen atoms in total. The molecular formula is C25H30FN5O3. The first-order chi connectivity index (χ1) is 16.2. The lowest BCUT2D eigenvalue weighted by molar-refractivity contribution is -0.160. The predicted molar refractivity (Wildman–Crippen MR) is 127 cm³/mol. The summed E-state index contributed by atoms with van der Waals surface area (Å²) in [6.07, 6.45) is 1.54. The van der Waals surface area contributed by atoms with Crippen LogP contribution >= 0.6 is 0 Å². The second-order valence-corrected chi connectivity index (χ2v) is 9.55. The summed E-state index contributed by atoms with van der Waals surface area (Å²) in [6, 6.07) is 8.09. The van der Waals surface area contributed by atoms with Crippen LogP contribution in [0.4, 0.5) is 10.3 Å². The molecule has 0 bridgehead atoms. The Morgan fingerprint density at radius 3 is 2.59 bits per heavy atom. The number of esters is 1. The molecule has 0 spiro atoms. The number of halogens is 1. The maximum atomic E-state index is 13.8. The highest BCUT2D eigenvalue weighted by Gasteiger charge is 2.31. The first-order valence-electron chi connectivity index (χ1n) is 11.4. The smallest absolute Gasteiger partial charge is 0.308 e. The molecule has 1 aromatic carbocycles. The molecule has 0 amide bonds. The van der Waals surface area contributed by atoms with E-state index in [1.54, 1.807) is 31.4 Å². The summed E-state index contributed by atoms with van der Waals surface area (Å²) >= 11 is 0. The minimum absolute atomic E-state index is 0.0291. The number of benzene rings is 1. The van der Waals surface area contributed by atoms with Gasteiger partial charge in [-0.05, 0) is 30.3 Å². The lowest BCUT2D eigenvalue weighted by atomic mass is 9.95. The van der Waals surface area contributed by atoms with Crippen LogP contribution in [-0.4, -0.2) is 49.9 Å². The number of nitrogens with zero attached hydrogens (tertiary/aromatic N) is 4. The molecule has 1 aliphatic heterocycles. The second-order valence-electron chi connectivity index (χ2n) is 9.55. The third-order valence-corrected chi connectivity index (χ3v) is 5.79. The normalized spacial score (nSPS) is 18.6. The molecule has 3 heterocycles. The van der Waals surface area contributed by atoms with Crippen LogP contribution in [0.5, 0.6) is 0 Å². The van der Waals surface area contributed by atoms with Crippen molar-refractivity contribution in [2.24, 2.45) is 0 Å². The van der Waals surface area contributed by atoms with Gasteiger partial charge in [0, 0.05) is 43.6 Å². The van der Waals surface area contributed by atoms with Crippen LogP contribution in [-0.2, 0) is 21.5 Å².